The number of hydrogen-bond donors (Lipinski definition) is 3. The Balaban J connectivity index is 1.30. The molecule has 14 heteroatoms. The summed E-state index contributed by atoms with van der Waals surface area (Å²) < 4.78 is 29.6. The number of hydrogen-bond acceptors (Lipinski definition) is 12. The highest BCUT2D eigenvalue weighted by Crippen LogP contribution is 2.40. The Morgan fingerprint density at radius 3 is 2.16 bits per heavy atom. The maximum absolute atomic E-state index is 13.5. The first kappa shape index (κ1) is 38.5. The van der Waals surface area contributed by atoms with Crippen LogP contribution in [0.5, 0.6) is 40.5 Å². The van der Waals surface area contributed by atoms with Gasteiger partial charge >= 0.3 is 12.1 Å². The lowest BCUT2D eigenvalue weighted by Crippen LogP contribution is -2.60. The Hall–Kier alpha value is -6.25. The third-order valence-electron chi connectivity index (χ3n) is 9.48. The van der Waals surface area contributed by atoms with Gasteiger partial charge in [0.15, 0.2) is 17.3 Å². The molecule has 6 rings (SSSR count). The van der Waals surface area contributed by atoms with E-state index >= 15 is 0 Å². The van der Waals surface area contributed by atoms with Crippen LogP contribution < -0.4 is 18.9 Å². The van der Waals surface area contributed by atoms with E-state index in [9.17, 15) is 20.1 Å². The van der Waals surface area contributed by atoms with E-state index in [0.717, 1.165) is 11.1 Å². The van der Waals surface area contributed by atoms with E-state index in [2.05, 4.69) is 15.1 Å². The van der Waals surface area contributed by atoms with Gasteiger partial charge in [-0.1, -0.05) is 61.4 Å². The van der Waals surface area contributed by atoms with Crippen LogP contribution in [-0.4, -0.2) is 99.8 Å². The number of carbonyl (C=O) groups excluding carboxylic acids is 1. The number of nitrogens with zero attached hydrogens (tertiary/aromatic N) is 5. The van der Waals surface area contributed by atoms with Gasteiger partial charge in [0.05, 0.1) is 32.6 Å². The van der Waals surface area contributed by atoms with Gasteiger partial charge in [0.25, 0.3) is 0 Å². The minimum atomic E-state index is -0.605. The van der Waals surface area contributed by atoms with Gasteiger partial charge in [0.2, 0.25) is 5.75 Å². The highest BCUT2D eigenvalue weighted by atomic mass is 16.6. The van der Waals surface area contributed by atoms with Crippen LogP contribution in [0, 0.1) is 0 Å². The van der Waals surface area contributed by atoms with E-state index in [1.165, 1.54) is 10.6 Å². The summed E-state index contributed by atoms with van der Waals surface area (Å²) in [5, 5.41) is 39.9. The average molecular weight is 752 g/mol. The van der Waals surface area contributed by atoms with Crippen LogP contribution in [0.3, 0.4) is 0 Å². The number of phenols is 2. The minimum absolute atomic E-state index is 0.0294. The summed E-state index contributed by atoms with van der Waals surface area (Å²) in [5.74, 6) is 1.89. The van der Waals surface area contributed by atoms with E-state index in [0.29, 0.717) is 52.9 Å². The monoisotopic (exact) mass is 751 g/mol. The standard InChI is InChI=1S/C41H45N5O9/c1-25(2)31-20-32(34(48)21-33(31)47)39-42-43-40(49)46(39)28-15-12-26(13-16-28)22-44-24-37(53-5)45(41(50)55-30-10-8-7-9-11-30)23-29(44)17-14-27-18-35(51-3)38(54-6)36(19-27)52-4/h7-21,25,29,37,47-48H,22-24H2,1-6H3,(H,43,49). The fraction of sp³-hybridized carbons (Fsp3) is 0.293. The molecule has 3 N–H and O–H groups in total. The second-order valence-corrected chi connectivity index (χ2v) is 13.2. The molecule has 0 radical (unpaired) electrons. The second kappa shape index (κ2) is 16.8. The van der Waals surface area contributed by atoms with Gasteiger partial charge in [-0.05, 0) is 65.1 Å². The van der Waals surface area contributed by atoms with Crippen molar-refractivity contribution < 1.29 is 43.8 Å². The van der Waals surface area contributed by atoms with Crippen LogP contribution in [0.1, 0.15) is 36.5 Å². The number of aromatic nitrogens is 3. The summed E-state index contributed by atoms with van der Waals surface area (Å²) >= 11 is 0. The fourth-order valence-corrected chi connectivity index (χ4v) is 6.60. The molecule has 0 saturated carbocycles. The van der Waals surface area contributed by atoms with Crippen LogP contribution in [0.25, 0.3) is 23.2 Å². The molecule has 1 aromatic heterocycles. The average Bonchev–Trinajstić information content (AvgIpc) is 3.57. The highest BCUT2D eigenvalue weighted by molar-refractivity contribution is 5.72. The van der Waals surface area contributed by atoms with Gasteiger partial charge in [0.1, 0.15) is 23.5 Å². The van der Waals surface area contributed by atoms with Crippen LogP contribution in [0.2, 0.25) is 0 Å². The molecule has 1 saturated heterocycles. The summed E-state index contributed by atoms with van der Waals surface area (Å²) in [5.41, 5.74) is 3.23. The molecular formula is C41H45N5O9. The lowest BCUT2D eigenvalue weighted by atomic mass is 9.98. The molecule has 1 aliphatic heterocycles. The van der Waals surface area contributed by atoms with Crippen molar-refractivity contribution in [1.82, 2.24) is 24.6 Å². The number of aromatic hydroxyl groups is 3. The molecule has 0 aliphatic carbocycles. The molecule has 4 aromatic carbocycles. The van der Waals surface area contributed by atoms with Crippen molar-refractivity contribution >= 4 is 12.2 Å². The quantitative estimate of drug-likeness (QED) is 0.126. The first-order valence-electron chi connectivity index (χ1n) is 17.6. The lowest BCUT2D eigenvalue weighted by molar-refractivity contribution is -0.0791. The summed E-state index contributed by atoms with van der Waals surface area (Å²) in [6.07, 6.45) is 2.82. The number of carbonyl (C=O) groups is 1. The largest absolute Gasteiger partial charge is 0.508 e. The molecule has 2 unspecified atom stereocenters. The van der Waals surface area contributed by atoms with E-state index in [-0.39, 0.29) is 41.8 Å². The molecule has 5 aromatic rings. The molecule has 2 heterocycles. The molecule has 0 bridgehead atoms. The number of para-hydroxylation sites is 1. The van der Waals surface area contributed by atoms with Crippen molar-refractivity contribution in [2.24, 2.45) is 0 Å². The minimum Gasteiger partial charge on any atom is -0.508 e. The molecule has 55 heavy (non-hydrogen) atoms. The predicted molar refractivity (Wildman–Crippen MR) is 205 cm³/mol. The van der Waals surface area contributed by atoms with Gasteiger partial charge in [-0.2, -0.15) is 0 Å². The zero-order valence-electron chi connectivity index (χ0n) is 31.5. The normalized spacial score (nSPS) is 16.1. The number of amides is 1. The first-order valence-corrected chi connectivity index (χ1v) is 17.6. The van der Waals surface area contributed by atoms with Crippen LogP contribution in [-0.2, 0) is 11.3 Å². The maximum Gasteiger partial charge on any atom is 0.417 e. The smallest absolute Gasteiger partial charge is 0.417 e. The Labute approximate surface area is 319 Å². The van der Waals surface area contributed by atoms with Gasteiger partial charge in [-0.25, -0.2) is 9.36 Å². The van der Waals surface area contributed by atoms with Gasteiger partial charge < -0.3 is 39.0 Å². The number of piperazine rings is 1. The predicted octanol–water partition coefficient (Wildman–Crippen LogP) is 6.57. The maximum atomic E-state index is 13.5. The van der Waals surface area contributed by atoms with Gasteiger partial charge in [-0.3, -0.25) is 9.80 Å². The number of phenolic OH excluding ortho intramolecular Hbond substituents is 2. The SMILES string of the molecule is COc1cc(C=CC2CN(C(=O)Oc3ccccc3)C(OC)CN2Cc2ccc(-n3c(O)nnc3-c3cc(C(C)C)c(O)cc3O)cc2)cc(OC)c1OC. The van der Waals surface area contributed by atoms with Gasteiger partial charge in [-0.15, -0.1) is 5.10 Å². The summed E-state index contributed by atoms with van der Waals surface area (Å²) in [7, 11) is 6.23. The number of ether oxygens (including phenoxy) is 5. The molecule has 2 atom stereocenters. The third-order valence-corrected chi connectivity index (χ3v) is 9.48. The number of methoxy groups -OCH3 is 4. The van der Waals surface area contributed by atoms with Crippen LogP contribution >= 0.6 is 0 Å². The summed E-state index contributed by atoms with van der Waals surface area (Å²) in [6.45, 7) is 4.95. The molecule has 1 aliphatic rings. The van der Waals surface area contributed by atoms with E-state index < -0.39 is 12.3 Å². The van der Waals surface area contributed by atoms with E-state index in [1.54, 1.807) is 63.7 Å². The molecule has 0 spiro atoms. The zero-order valence-corrected chi connectivity index (χ0v) is 31.5. The Morgan fingerprint density at radius 1 is 0.855 bits per heavy atom. The van der Waals surface area contributed by atoms with Crippen molar-refractivity contribution in [1.29, 1.82) is 0 Å². The van der Waals surface area contributed by atoms with Crippen LogP contribution in [0.15, 0.2) is 84.9 Å². The fourth-order valence-electron chi connectivity index (χ4n) is 6.60. The topological polar surface area (TPSA) is 161 Å². The molecule has 288 valence electrons. The van der Waals surface area contributed by atoms with Crippen molar-refractivity contribution in [3.05, 3.63) is 102 Å². The molecule has 14 nitrogen and oxygen atoms in total. The van der Waals surface area contributed by atoms with Crippen molar-refractivity contribution in [3.63, 3.8) is 0 Å². The highest BCUT2D eigenvalue weighted by Gasteiger charge is 2.37. The Bertz CT molecular complexity index is 2110. The zero-order chi connectivity index (χ0) is 39.2. The Kier molecular flexibility index (Phi) is 11.8. The van der Waals surface area contributed by atoms with Crippen molar-refractivity contribution in [3.8, 4) is 57.6 Å². The summed E-state index contributed by atoms with van der Waals surface area (Å²) in [6, 6.07) is 22.4. The summed E-state index contributed by atoms with van der Waals surface area (Å²) in [4.78, 5) is 17.3. The van der Waals surface area contributed by atoms with Crippen molar-refractivity contribution in [2.75, 3.05) is 41.5 Å². The third kappa shape index (κ3) is 8.30. The number of benzene rings is 4. The van der Waals surface area contributed by atoms with Crippen molar-refractivity contribution in [2.45, 2.75) is 38.6 Å². The molecule has 1 amide bonds. The van der Waals surface area contributed by atoms with E-state index in [1.807, 2.05) is 68.5 Å². The lowest BCUT2D eigenvalue weighted by Gasteiger charge is -2.44. The molecular weight excluding hydrogens is 706 g/mol. The van der Waals surface area contributed by atoms with E-state index in [4.69, 9.17) is 23.7 Å². The Morgan fingerprint density at radius 2 is 1.55 bits per heavy atom. The molecule has 1 fully saturated rings. The second-order valence-electron chi connectivity index (χ2n) is 13.2. The number of rotatable bonds is 12. The van der Waals surface area contributed by atoms with Gasteiger partial charge in [0, 0.05) is 38.9 Å². The van der Waals surface area contributed by atoms with Crippen LogP contribution in [0.4, 0.5) is 4.79 Å². The first-order chi connectivity index (χ1) is 26.5.